The number of ether oxygens (including phenoxy) is 1. The van der Waals surface area contributed by atoms with Gasteiger partial charge in [-0.15, -0.1) is 0 Å². The van der Waals surface area contributed by atoms with E-state index in [1.165, 1.54) is 5.56 Å². The minimum absolute atomic E-state index is 0.0270. The zero-order chi connectivity index (χ0) is 22.5. The number of benzene rings is 1. The van der Waals surface area contributed by atoms with Gasteiger partial charge in [-0.25, -0.2) is 4.98 Å². The molecule has 3 heterocycles. The molecule has 2 aromatic rings. The summed E-state index contributed by atoms with van der Waals surface area (Å²) in [5.41, 5.74) is 1.61. The smallest absolute Gasteiger partial charge is 0.259 e. The van der Waals surface area contributed by atoms with E-state index in [-0.39, 0.29) is 41.4 Å². The second-order valence-corrected chi connectivity index (χ2v) is 9.70. The van der Waals surface area contributed by atoms with E-state index in [9.17, 15) is 9.59 Å². The topological polar surface area (TPSA) is 62.7 Å². The van der Waals surface area contributed by atoms with Gasteiger partial charge in [0.2, 0.25) is 11.8 Å². The molecule has 168 valence electrons. The van der Waals surface area contributed by atoms with E-state index in [4.69, 9.17) is 4.74 Å². The molecule has 0 unspecified atom stereocenters. The van der Waals surface area contributed by atoms with Crippen molar-refractivity contribution < 1.29 is 14.3 Å². The number of nitrogens with zero attached hydrogens (tertiary/aromatic N) is 3. The molecule has 6 heteroatoms. The van der Waals surface area contributed by atoms with Crippen LogP contribution in [0.1, 0.15) is 55.5 Å². The number of aromatic nitrogens is 1. The zero-order valence-corrected chi connectivity index (χ0v) is 19.0. The molecule has 0 spiro atoms. The lowest BCUT2D eigenvalue weighted by atomic mass is 9.64. The molecule has 1 aromatic carbocycles. The van der Waals surface area contributed by atoms with Gasteiger partial charge in [-0.3, -0.25) is 9.59 Å². The van der Waals surface area contributed by atoms with E-state index in [0.29, 0.717) is 11.4 Å². The van der Waals surface area contributed by atoms with E-state index in [2.05, 4.69) is 33.8 Å². The molecule has 1 aliphatic carbocycles. The lowest BCUT2D eigenvalue weighted by Gasteiger charge is -2.52. The number of likely N-dealkylation sites (tertiary alicyclic amines) is 2. The van der Waals surface area contributed by atoms with Gasteiger partial charge < -0.3 is 14.5 Å². The van der Waals surface area contributed by atoms with Crippen LogP contribution in [0.15, 0.2) is 48.7 Å². The third-order valence-electron chi connectivity index (χ3n) is 8.04. The Labute approximate surface area is 189 Å². The summed E-state index contributed by atoms with van der Waals surface area (Å²) in [6.45, 7) is 3.98. The van der Waals surface area contributed by atoms with Crippen molar-refractivity contribution in [1.29, 1.82) is 0 Å². The summed E-state index contributed by atoms with van der Waals surface area (Å²) in [5.74, 6) is 0.443. The second-order valence-electron chi connectivity index (χ2n) is 9.70. The lowest BCUT2D eigenvalue weighted by Crippen LogP contribution is -2.62. The molecule has 5 rings (SSSR count). The molecular formula is C26H31N3O3. The number of methoxy groups -OCH3 is 1. The maximum Gasteiger partial charge on any atom is 0.259 e. The van der Waals surface area contributed by atoms with Crippen molar-refractivity contribution in [1.82, 2.24) is 14.8 Å². The molecule has 2 saturated heterocycles. The highest BCUT2D eigenvalue weighted by Crippen LogP contribution is 2.57. The van der Waals surface area contributed by atoms with Crippen LogP contribution in [-0.4, -0.2) is 57.9 Å². The summed E-state index contributed by atoms with van der Waals surface area (Å²) >= 11 is 0. The first-order chi connectivity index (χ1) is 15.5. The molecule has 6 nitrogen and oxygen atoms in total. The molecule has 2 aliphatic heterocycles. The predicted octanol–water partition coefficient (Wildman–Crippen LogP) is 3.71. The number of hydrogen-bond donors (Lipinski definition) is 0. The van der Waals surface area contributed by atoms with Crippen LogP contribution in [0.5, 0.6) is 5.88 Å². The zero-order valence-electron chi connectivity index (χ0n) is 19.0. The van der Waals surface area contributed by atoms with Gasteiger partial charge in [0.05, 0.1) is 19.2 Å². The van der Waals surface area contributed by atoms with Crippen LogP contribution in [0.4, 0.5) is 0 Å². The number of carbonyl (C=O) groups excluding carboxylic acids is 2. The Morgan fingerprint density at radius 1 is 1.09 bits per heavy atom. The second kappa shape index (κ2) is 7.91. The summed E-state index contributed by atoms with van der Waals surface area (Å²) in [4.78, 5) is 35.5. The van der Waals surface area contributed by atoms with E-state index in [1.54, 1.807) is 32.4 Å². The van der Waals surface area contributed by atoms with Gasteiger partial charge >= 0.3 is 0 Å². The fourth-order valence-corrected chi connectivity index (χ4v) is 6.78. The molecule has 3 aliphatic rings. The van der Waals surface area contributed by atoms with Crippen molar-refractivity contribution in [2.45, 2.75) is 70.1 Å². The third kappa shape index (κ3) is 3.11. The van der Waals surface area contributed by atoms with Crippen molar-refractivity contribution in [3.05, 3.63) is 59.8 Å². The Kier molecular flexibility index (Phi) is 5.19. The summed E-state index contributed by atoms with van der Waals surface area (Å²) in [6, 6.07) is 14.1. The first-order valence-electron chi connectivity index (χ1n) is 11.6. The minimum atomic E-state index is -0.0904. The average molecular weight is 434 g/mol. The van der Waals surface area contributed by atoms with Crippen LogP contribution in [0.2, 0.25) is 0 Å². The van der Waals surface area contributed by atoms with Crippen molar-refractivity contribution in [2.24, 2.45) is 5.41 Å². The van der Waals surface area contributed by atoms with Crippen LogP contribution in [0.25, 0.3) is 0 Å². The number of amides is 2. The first-order valence-corrected chi connectivity index (χ1v) is 11.6. The van der Waals surface area contributed by atoms with E-state index in [1.807, 2.05) is 18.2 Å². The number of rotatable bonds is 4. The fourth-order valence-electron chi connectivity index (χ4n) is 6.78. The maximum absolute atomic E-state index is 14.0. The minimum Gasteiger partial charge on any atom is -0.480 e. The molecule has 3 fully saturated rings. The SMILES string of the molecule is COc1ncccc1C(=O)N1[C@H]2CCC[C@H]3N(C(C)=O)[C@H](Cc4ccccc4)[C@@H]1C[C@@]23C. The van der Waals surface area contributed by atoms with Gasteiger partial charge in [-0.05, 0) is 49.8 Å². The van der Waals surface area contributed by atoms with Crippen molar-refractivity contribution >= 4 is 11.8 Å². The first kappa shape index (κ1) is 21.0. The Bertz CT molecular complexity index is 1030. The highest BCUT2D eigenvalue weighted by molar-refractivity contribution is 5.97. The average Bonchev–Trinajstić information content (AvgIpc) is 3.11. The Hall–Kier alpha value is -2.89. The van der Waals surface area contributed by atoms with Crippen molar-refractivity contribution in [3.63, 3.8) is 0 Å². The summed E-state index contributed by atoms with van der Waals surface area (Å²) in [6.07, 6.45) is 6.32. The number of fused-ring (bicyclic) bond motifs is 1. The molecule has 5 atom stereocenters. The molecule has 32 heavy (non-hydrogen) atoms. The van der Waals surface area contributed by atoms with Gasteiger partial charge in [0, 0.05) is 30.6 Å². The molecule has 2 bridgehead atoms. The van der Waals surface area contributed by atoms with Crippen LogP contribution < -0.4 is 4.74 Å². The van der Waals surface area contributed by atoms with Crippen LogP contribution in [0, 0.1) is 5.41 Å². The standard InChI is InChI=1S/C26H31N3O3/c1-17(30)28-20(15-18-9-5-4-6-10-18)21-16-26(2)22(28)12-7-13-23(26)29(21)25(31)19-11-8-14-27-24(19)32-3/h4-6,8-11,14,20-23H,7,12-13,15-16H2,1-3H3/t20-,21+,22-,23+,26-/m1/s1. The van der Waals surface area contributed by atoms with Crippen molar-refractivity contribution in [3.8, 4) is 5.88 Å². The Morgan fingerprint density at radius 3 is 2.50 bits per heavy atom. The predicted molar refractivity (Wildman–Crippen MR) is 121 cm³/mol. The largest absolute Gasteiger partial charge is 0.480 e. The Morgan fingerprint density at radius 2 is 1.81 bits per heavy atom. The third-order valence-corrected chi connectivity index (χ3v) is 8.04. The Balaban J connectivity index is 1.60. The lowest BCUT2D eigenvalue weighted by molar-refractivity contribution is -0.142. The molecule has 2 amide bonds. The van der Waals surface area contributed by atoms with Gasteiger partial charge in [-0.2, -0.15) is 0 Å². The van der Waals surface area contributed by atoms with Crippen molar-refractivity contribution in [2.75, 3.05) is 7.11 Å². The van der Waals surface area contributed by atoms with Crippen LogP contribution in [0.3, 0.4) is 0 Å². The van der Waals surface area contributed by atoms with Gasteiger partial charge in [0.1, 0.15) is 5.56 Å². The van der Waals surface area contributed by atoms with Crippen LogP contribution >= 0.6 is 0 Å². The summed E-state index contributed by atoms with van der Waals surface area (Å²) in [5, 5.41) is 0. The fraction of sp³-hybridized carbons (Fsp3) is 0.500. The van der Waals surface area contributed by atoms with Crippen LogP contribution in [-0.2, 0) is 11.2 Å². The molecular weight excluding hydrogens is 402 g/mol. The summed E-state index contributed by atoms with van der Waals surface area (Å²) < 4.78 is 5.43. The monoisotopic (exact) mass is 433 g/mol. The summed E-state index contributed by atoms with van der Waals surface area (Å²) in [7, 11) is 1.55. The quantitative estimate of drug-likeness (QED) is 0.738. The number of pyridine rings is 1. The number of carbonyl (C=O) groups is 2. The van der Waals surface area contributed by atoms with E-state index >= 15 is 0 Å². The molecule has 1 saturated carbocycles. The molecule has 1 aromatic heterocycles. The van der Waals surface area contributed by atoms with Gasteiger partial charge in [0.15, 0.2) is 0 Å². The molecule has 0 radical (unpaired) electrons. The highest BCUT2D eigenvalue weighted by Gasteiger charge is 2.64. The maximum atomic E-state index is 14.0. The van der Waals surface area contributed by atoms with Gasteiger partial charge in [-0.1, -0.05) is 37.3 Å². The number of piperidine rings is 1. The van der Waals surface area contributed by atoms with E-state index < -0.39 is 0 Å². The van der Waals surface area contributed by atoms with E-state index in [0.717, 1.165) is 32.1 Å². The normalized spacial score (nSPS) is 30.8. The highest BCUT2D eigenvalue weighted by atomic mass is 16.5. The number of hydrogen-bond acceptors (Lipinski definition) is 4. The molecule has 0 N–H and O–H groups in total. The van der Waals surface area contributed by atoms with Gasteiger partial charge in [0.25, 0.3) is 5.91 Å².